The van der Waals surface area contributed by atoms with Crippen LogP contribution < -0.4 is 26.0 Å². The van der Waals surface area contributed by atoms with E-state index < -0.39 is 58.2 Å². The number of pyridine rings is 1. The largest absolute Gasteiger partial charge is 3.00 e. The molecule has 1 aromatic heterocycles. The fraction of sp³-hybridized carbons (Fsp3) is 0.114. The maximum atomic E-state index is 13.6. The number of aromatic nitrogens is 1. The van der Waals surface area contributed by atoms with Gasteiger partial charge in [0.15, 0.2) is 0 Å². The number of aromatic carboxylic acids is 1. The fourth-order valence-corrected chi connectivity index (χ4v) is 4.30. The second-order valence-electron chi connectivity index (χ2n) is 10.4. The third-order valence-electron chi connectivity index (χ3n) is 6.84. The van der Waals surface area contributed by atoms with Crippen molar-refractivity contribution in [2.75, 3.05) is 0 Å². The second-order valence-corrected chi connectivity index (χ2v) is 10.4. The Hall–Kier alpha value is -5.86. The van der Waals surface area contributed by atoms with Crippen molar-refractivity contribution in [2.24, 2.45) is 0 Å². The number of aliphatic carboxylic acids is 2. The number of esters is 1. The first-order chi connectivity index (χ1) is 23.6. The van der Waals surface area contributed by atoms with Gasteiger partial charge in [-0.2, -0.15) is 0 Å². The van der Waals surface area contributed by atoms with Gasteiger partial charge in [-0.25, -0.2) is 22.4 Å². The molecular formula is C35H26F4IrN3O8. The first-order valence-electron chi connectivity index (χ1n) is 14.2. The van der Waals surface area contributed by atoms with Crippen molar-refractivity contribution in [1.29, 1.82) is 0 Å². The van der Waals surface area contributed by atoms with Gasteiger partial charge in [0.05, 0.1) is 23.6 Å². The molecule has 11 nitrogen and oxygen atoms in total. The zero-order chi connectivity index (χ0) is 37.1. The second kappa shape index (κ2) is 18.2. The van der Waals surface area contributed by atoms with Crippen LogP contribution in [0, 0.1) is 23.3 Å². The summed E-state index contributed by atoms with van der Waals surface area (Å²) in [5.41, 5.74) is -3.24. The van der Waals surface area contributed by atoms with Gasteiger partial charge in [-0.1, -0.05) is 36.9 Å². The van der Waals surface area contributed by atoms with Gasteiger partial charge in [0, 0.05) is 40.6 Å². The van der Waals surface area contributed by atoms with Gasteiger partial charge in [-0.15, -0.1) is 0 Å². The molecule has 0 radical (unpaired) electrons. The first kappa shape index (κ1) is 41.3. The molecule has 16 heteroatoms. The molecule has 2 unspecified atom stereocenters. The number of carbonyl (C=O) groups excluding carboxylic acids is 4. The van der Waals surface area contributed by atoms with E-state index in [0.29, 0.717) is 23.3 Å². The number of carbonyl (C=O) groups is 4. The minimum absolute atomic E-state index is 0. The van der Waals surface area contributed by atoms with Crippen molar-refractivity contribution >= 4 is 23.9 Å². The monoisotopic (exact) mass is 885 g/mol. The van der Waals surface area contributed by atoms with Gasteiger partial charge < -0.3 is 45.1 Å². The third-order valence-corrected chi connectivity index (χ3v) is 6.84. The van der Waals surface area contributed by atoms with Gasteiger partial charge in [-0.05, 0) is 61.8 Å². The van der Waals surface area contributed by atoms with E-state index in [1.165, 1.54) is 55.0 Å². The van der Waals surface area contributed by atoms with Crippen LogP contribution in [0.2, 0.25) is 0 Å². The number of carboxylic acid groups (broad SMARTS) is 3. The molecule has 3 aromatic rings. The zero-order valence-electron chi connectivity index (χ0n) is 26.3. The van der Waals surface area contributed by atoms with Gasteiger partial charge in [-0.3, -0.25) is 4.98 Å². The van der Waals surface area contributed by atoms with Crippen LogP contribution in [0.4, 0.5) is 17.6 Å². The number of benzene rings is 2. The van der Waals surface area contributed by atoms with Gasteiger partial charge >= 0.3 is 26.1 Å². The van der Waals surface area contributed by atoms with Gasteiger partial charge in [0.2, 0.25) is 0 Å². The molecule has 0 saturated carbocycles. The number of nitrogens with one attached hydrogen (secondary N) is 2. The summed E-state index contributed by atoms with van der Waals surface area (Å²) in [6, 6.07) is 8.21. The molecule has 2 aliphatic rings. The van der Waals surface area contributed by atoms with Crippen LogP contribution in [-0.4, -0.2) is 28.9 Å². The molecule has 2 aromatic carbocycles. The zero-order valence-corrected chi connectivity index (χ0v) is 28.7. The van der Waals surface area contributed by atoms with Crippen molar-refractivity contribution in [3.8, 4) is 0 Å². The van der Waals surface area contributed by atoms with Crippen LogP contribution in [0.5, 0.6) is 0 Å². The van der Waals surface area contributed by atoms with E-state index in [1.807, 2.05) is 0 Å². The normalized spacial score (nSPS) is 17.8. The van der Waals surface area contributed by atoms with E-state index in [9.17, 15) is 52.1 Å². The summed E-state index contributed by atoms with van der Waals surface area (Å²) < 4.78 is 57.6. The van der Waals surface area contributed by atoms with E-state index in [1.54, 1.807) is 19.1 Å². The summed E-state index contributed by atoms with van der Waals surface area (Å²) in [7, 11) is 0. The minimum atomic E-state index is -1.80. The standard InChI is InChI=1S/2C12H9F2NO2.C11H11NO4.Ir/c2*13-8-3-4-9(10(14)7-8)12(11(16)17)5-1-2-6-15-12;1-7(2)11(15)16-6-8-3-4-9(10(13)14)12-5-8;/h2*1-7,15H,(H,16,17);3-5H,1,6H2,2H3,(H,13,14);/q;;;+3/p-3. The van der Waals surface area contributed by atoms with Crippen LogP contribution in [0.15, 0.2) is 116 Å². The number of hydrogen-bond acceptors (Lipinski definition) is 11. The number of dihydropyridines is 2. The Morgan fingerprint density at radius 3 is 1.55 bits per heavy atom. The van der Waals surface area contributed by atoms with E-state index >= 15 is 0 Å². The molecule has 0 aliphatic carbocycles. The van der Waals surface area contributed by atoms with Crippen LogP contribution in [-0.2, 0) is 56.9 Å². The van der Waals surface area contributed by atoms with Gasteiger partial charge in [0.1, 0.15) is 41.0 Å². The maximum Gasteiger partial charge on any atom is 3.00 e. The minimum Gasteiger partial charge on any atom is -0.547 e. The number of halogens is 4. The molecule has 3 heterocycles. The number of nitrogens with zero attached hydrogens (tertiary/aromatic N) is 1. The molecule has 0 bridgehead atoms. The smallest absolute Gasteiger partial charge is 0.547 e. The summed E-state index contributed by atoms with van der Waals surface area (Å²) in [5.74, 6) is -8.28. The van der Waals surface area contributed by atoms with E-state index in [0.717, 1.165) is 24.3 Å². The molecule has 0 spiro atoms. The van der Waals surface area contributed by atoms with Crippen LogP contribution in [0.25, 0.3) is 0 Å². The Bertz CT molecular complexity index is 1820. The van der Waals surface area contributed by atoms with Crippen molar-refractivity contribution in [2.45, 2.75) is 24.6 Å². The summed E-state index contributed by atoms with van der Waals surface area (Å²) in [4.78, 5) is 47.5. The average Bonchev–Trinajstić information content (AvgIpc) is 3.08. The topological polar surface area (TPSA) is 184 Å². The predicted octanol–water partition coefficient (Wildman–Crippen LogP) is 1.23. The number of rotatable bonds is 8. The molecule has 0 fully saturated rings. The van der Waals surface area contributed by atoms with Crippen molar-refractivity contribution in [3.05, 3.63) is 161 Å². The molecule has 0 saturated heterocycles. The van der Waals surface area contributed by atoms with Crippen molar-refractivity contribution in [1.82, 2.24) is 15.6 Å². The van der Waals surface area contributed by atoms with Crippen LogP contribution in [0.3, 0.4) is 0 Å². The van der Waals surface area contributed by atoms with E-state index in [4.69, 9.17) is 4.74 Å². The molecule has 51 heavy (non-hydrogen) atoms. The molecule has 266 valence electrons. The fourth-order valence-electron chi connectivity index (χ4n) is 4.30. The molecule has 0 amide bonds. The van der Waals surface area contributed by atoms with Gasteiger partial charge in [0.25, 0.3) is 0 Å². The Morgan fingerprint density at radius 2 is 1.24 bits per heavy atom. The van der Waals surface area contributed by atoms with Crippen molar-refractivity contribution < 1.29 is 76.9 Å². The van der Waals surface area contributed by atoms with Crippen LogP contribution >= 0.6 is 0 Å². The van der Waals surface area contributed by atoms with Crippen molar-refractivity contribution in [3.63, 3.8) is 0 Å². The third kappa shape index (κ3) is 10.3. The average molecular weight is 885 g/mol. The summed E-state index contributed by atoms with van der Waals surface area (Å²) in [6.07, 6.45) is 12.6. The Labute approximate surface area is 301 Å². The molecule has 5 rings (SSSR count). The maximum absolute atomic E-state index is 13.6. The predicted molar refractivity (Wildman–Crippen MR) is 162 cm³/mol. The number of hydrogen-bond donors (Lipinski definition) is 2. The molecular weight excluding hydrogens is 859 g/mol. The molecule has 2 N–H and O–H groups in total. The Balaban J connectivity index is 0.000000263. The molecule has 2 aliphatic heterocycles. The Kier molecular flexibility index (Phi) is 14.8. The number of carboxylic acids is 3. The summed E-state index contributed by atoms with van der Waals surface area (Å²) in [6.45, 7) is 5.00. The molecule has 2 atom stereocenters. The quantitative estimate of drug-likeness (QED) is 0.189. The van der Waals surface area contributed by atoms with E-state index in [2.05, 4.69) is 22.2 Å². The first-order valence-corrected chi connectivity index (χ1v) is 14.2. The summed E-state index contributed by atoms with van der Waals surface area (Å²) >= 11 is 0. The summed E-state index contributed by atoms with van der Waals surface area (Å²) in [5, 5.41) is 37.8. The number of ether oxygens (including phenoxy) is 1. The van der Waals surface area contributed by atoms with E-state index in [-0.39, 0.29) is 43.5 Å². The Morgan fingerprint density at radius 1 is 0.765 bits per heavy atom. The van der Waals surface area contributed by atoms with Crippen LogP contribution in [0.1, 0.15) is 34.1 Å². The number of allylic oxidation sites excluding steroid dienone is 4. The SMILES string of the molecule is C=C(C)C(=O)OCc1ccc(C(=O)[O-])nc1.O=C([O-])C1(c2ccc(F)cc2F)C=CC=CN1.O=C([O-])C1(c2ccc(F)cc2F)C=CC=CN1.[Ir+3].